The Labute approximate surface area is 90.7 Å². The number of halogens is 2. The molecule has 1 aliphatic carbocycles. The maximum Gasteiger partial charge on any atom is 0.163 e. The number of hydrogen-bond acceptors (Lipinski definition) is 1. The van der Waals surface area contributed by atoms with E-state index in [0.717, 1.165) is 0 Å². The van der Waals surface area contributed by atoms with Gasteiger partial charge in [0.05, 0.1) is 0 Å². The van der Waals surface area contributed by atoms with E-state index in [2.05, 4.69) is 0 Å². The van der Waals surface area contributed by atoms with Crippen molar-refractivity contribution in [2.45, 2.75) is 12.8 Å². The molecule has 0 spiro atoms. The Morgan fingerprint density at radius 3 is 2.50 bits per heavy atom. The highest BCUT2D eigenvalue weighted by Gasteiger charge is 2.22. The number of aryl methyl sites for hydroxylation is 1. The van der Waals surface area contributed by atoms with Crippen LogP contribution < -0.4 is 0 Å². The van der Waals surface area contributed by atoms with Crippen molar-refractivity contribution < 1.29 is 13.6 Å². The number of hydrogen-bond donors (Lipinski definition) is 0. The van der Waals surface area contributed by atoms with E-state index in [1.165, 1.54) is 24.3 Å². The predicted octanol–water partition coefficient (Wildman–Crippen LogP) is 3.25. The predicted molar refractivity (Wildman–Crippen MR) is 56.5 cm³/mol. The van der Waals surface area contributed by atoms with Crippen LogP contribution in [0.2, 0.25) is 0 Å². The lowest BCUT2D eigenvalue weighted by atomic mass is 9.87. The third-order valence-electron chi connectivity index (χ3n) is 3.08. The molecule has 16 heavy (non-hydrogen) atoms. The van der Waals surface area contributed by atoms with Crippen LogP contribution in [0.25, 0.3) is 10.8 Å². The summed E-state index contributed by atoms with van der Waals surface area (Å²) in [4.78, 5) is 11.6. The molecule has 0 fully saturated rings. The first-order valence-electron chi connectivity index (χ1n) is 5.11. The van der Waals surface area contributed by atoms with Crippen LogP contribution in [0.4, 0.5) is 8.78 Å². The summed E-state index contributed by atoms with van der Waals surface area (Å²) in [6.07, 6.45) is 0.660. The Morgan fingerprint density at radius 1 is 0.938 bits per heavy atom. The topological polar surface area (TPSA) is 17.1 Å². The quantitative estimate of drug-likeness (QED) is 0.663. The van der Waals surface area contributed by atoms with Gasteiger partial charge in [-0.3, -0.25) is 4.79 Å². The first-order valence-corrected chi connectivity index (χ1v) is 5.11. The molecule has 0 saturated heterocycles. The molecule has 0 saturated carbocycles. The molecule has 0 heterocycles. The lowest BCUT2D eigenvalue weighted by molar-refractivity contribution is 0.0981. The minimum Gasteiger partial charge on any atom is -0.294 e. The van der Waals surface area contributed by atoms with Gasteiger partial charge in [0.2, 0.25) is 0 Å². The number of ketones is 1. The third-order valence-corrected chi connectivity index (χ3v) is 3.08. The molecule has 0 aromatic heterocycles. The van der Waals surface area contributed by atoms with Crippen molar-refractivity contribution in [1.29, 1.82) is 0 Å². The van der Waals surface area contributed by atoms with Crippen LogP contribution in [0.15, 0.2) is 24.3 Å². The smallest absolute Gasteiger partial charge is 0.163 e. The number of carbonyl (C=O) groups excluding carboxylic acids is 1. The first-order chi connectivity index (χ1) is 7.68. The van der Waals surface area contributed by atoms with Crippen molar-refractivity contribution in [3.8, 4) is 0 Å². The molecule has 1 nitrogen and oxygen atoms in total. The maximum absolute atomic E-state index is 13.6. The Hall–Kier alpha value is -1.77. The SMILES string of the molecule is O=C1CCc2c(F)ccc3c(F)ccc1c23. The van der Waals surface area contributed by atoms with Crippen LogP contribution in [0.3, 0.4) is 0 Å². The minimum absolute atomic E-state index is 0.0388. The van der Waals surface area contributed by atoms with Crippen LogP contribution in [0, 0.1) is 11.6 Å². The van der Waals surface area contributed by atoms with Gasteiger partial charge in [-0.25, -0.2) is 8.78 Å². The van der Waals surface area contributed by atoms with Crippen molar-refractivity contribution >= 4 is 16.6 Å². The van der Waals surface area contributed by atoms with Gasteiger partial charge in [-0.15, -0.1) is 0 Å². The van der Waals surface area contributed by atoms with Crippen LogP contribution in [0.1, 0.15) is 22.3 Å². The summed E-state index contributed by atoms with van der Waals surface area (Å²) in [5.41, 5.74) is 0.906. The summed E-state index contributed by atoms with van der Waals surface area (Å²) >= 11 is 0. The zero-order valence-electron chi connectivity index (χ0n) is 8.39. The van der Waals surface area contributed by atoms with Crippen LogP contribution in [-0.4, -0.2) is 5.78 Å². The number of rotatable bonds is 0. The average molecular weight is 218 g/mol. The Kier molecular flexibility index (Phi) is 1.84. The van der Waals surface area contributed by atoms with E-state index in [-0.39, 0.29) is 11.6 Å². The third kappa shape index (κ3) is 1.11. The minimum atomic E-state index is -0.408. The van der Waals surface area contributed by atoms with Gasteiger partial charge in [-0.2, -0.15) is 0 Å². The van der Waals surface area contributed by atoms with E-state index in [9.17, 15) is 13.6 Å². The fourth-order valence-corrected chi connectivity index (χ4v) is 2.31. The molecule has 0 N–H and O–H groups in total. The fourth-order valence-electron chi connectivity index (χ4n) is 2.31. The van der Waals surface area contributed by atoms with Gasteiger partial charge < -0.3 is 0 Å². The average Bonchev–Trinajstić information content (AvgIpc) is 2.27. The second-order valence-corrected chi connectivity index (χ2v) is 3.97. The number of Topliss-reactive ketones (excluding diaryl/α,β-unsaturated/α-hetero) is 1. The molecule has 0 radical (unpaired) electrons. The zero-order valence-corrected chi connectivity index (χ0v) is 8.39. The van der Waals surface area contributed by atoms with Gasteiger partial charge in [-0.05, 0) is 36.2 Å². The largest absolute Gasteiger partial charge is 0.294 e. The van der Waals surface area contributed by atoms with Crippen molar-refractivity contribution in [3.63, 3.8) is 0 Å². The maximum atomic E-state index is 13.6. The van der Waals surface area contributed by atoms with E-state index in [1.807, 2.05) is 0 Å². The summed E-state index contributed by atoms with van der Waals surface area (Å²) in [5.74, 6) is -0.801. The summed E-state index contributed by atoms with van der Waals surface area (Å²) in [6, 6.07) is 5.37. The molecule has 3 rings (SSSR count). The van der Waals surface area contributed by atoms with Crippen LogP contribution >= 0.6 is 0 Å². The van der Waals surface area contributed by atoms with Gasteiger partial charge in [0.1, 0.15) is 11.6 Å². The van der Waals surface area contributed by atoms with Crippen molar-refractivity contribution in [2.24, 2.45) is 0 Å². The van der Waals surface area contributed by atoms with Gasteiger partial charge in [0.15, 0.2) is 5.78 Å². The highest BCUT2D eigenvalue weighted by Crippen LogP contribution is 2.32. The summed E-state index contributed by atoms with van der Waals surface area (Å²) in [5, 5.41) is 0.790. The molecular formula is C13H8F2O. The van der Waals surface area contributed by atoms with Crippen molar-refractivity contribution in [3.05, 3.63) is 47.0 Å². The van der Waals surface area contributed by atoms with Crippen molar-refractivity contribution in [2.75, 3.05) is 0 Å². The number of carbonyl (C=O) groups is 1. The lowest BCUT2D eigenvalue weighted by Crippen LogP contribution is -2.11. The standard InChI is InChI=1S/C13H8F2O/c14-10-4-1-7-11(15)5-2-9-12(16)6-3-8(10)13(7)9/h1-2,4-5H,3,6H2. The summed E-state index contributed by atoms with van der Waals surface area (Å²) in [7, 11) is 0. The molecule has 0 unspecified atom stereocenters. The summed E-state index contributed by atoms with van der Waals surface area (Å²) in [6.45, 7) is 0. The van der Waals surface area contributed by atoms with E-state index < -0.39 is 5.82 Å². The van der Waals surface area contributed by atoms with Crippen LogP contribution in [-0.2, 0) is 6.42 Å². The van der Waals surface area contributed by atoms with E-state index in [1.54, 1.807) is 0 Å². The van der Waals surface area contributed by atoms with Gasteiger partial charge in [0, 0.05) is 22.8 Å². The molecule has 2 aromatic rings. The molecule has 0 bridgehead atoms. The molecule has 3 heteroatoms. The van der Waals surface area contributed by atoms with Crippen molar-refractivity contribution in [1.82, 2.24) is 0 Å². The Balaban J connectivity index is 2.55. The van der Waals surface area contributed by atoms with E-state index >= 15 is 0 Å². The first kappa shape index (κ1) is 9.46. The molecule has 0 aliphatic heterocycles. The normalized spacial score (nSPS) is 14.5. The molecule has 2 aromatic carbocycles. The monoisotopic (exact) mass is 218 g/mol. The highest BCUT2D eigenvalue weighted by molar-refractivity contribution is 6.11. The molecule has 0 amide bonds. The summed E-state index contributed by atoms with van der Waals surface area (Å²) < 4.78 is 27.1. The Bertz CT molecular complexity index is 617. The van der Waals surface area contributed by atoms with Gasteiger partial charge in [0.25, 0.3) is 0 Å². The zero-order chi connectivity index (χ0) is 11.3. The highest BCUT2D eigenvalue weighted by atomic mass is 19.1. The molecule has 0 atom stereocenters. The van der Waals surface area contributed by atoms with Gasteiger partial charge >= 0.3 is 0 Å². The fraction of sp³-hybridized carbons (Fsp3) is 0.154. The molecule has 80 valence electrons. The lowest BCUT2D eigenvalue weighted by Gasteiger charge is -2.17. The van der Waals surface area contributed by atoms with E-state index in [0.29, 0.717) is 34.7 Å². The molecule has 1 aliphatic rings. The van der Waals surface area contributed by atoms with Crippen LogP contribution in [0.5, 0.6) is 0 Å². The number of benzene rings is 2. The van der Waals surface area contributed by atoms with Gasteiger partial charge in [-0.1, -0.05) is 0 Å². The Morgan fingerprint density at radius 2 is 1.69 bits per heavy atom. The molecular weight excluding hydrogens is 210 g/mol. The van der Waals surface area contributed by atoms with E-state index in [4.69, 9.17) is 0 Å². The second kappa shape index (κ2) is 3.11. The second-order valence-electron chi connectivity index (χ2n) is 3.97.